The van der Waals surface area contributed by atoms with E-state index in [-0.39, 0.29) is 16.5 Å². The molecule has 2 heterocycles. The third kappa shape index (κ3) is 3.05. The van der Waals surface area contributed by atoms with Crippen molar-refractivity contribution in [3.63, 3.8) is 0 Å². The Hall–Kier alpha value is -2.48. The van der Waals surface area contributed by atoms with Crippen LogP contribution in [0.25, 0.3) is 16.2 Å². The standard InChI is InChI=1S/C17H9Cl2FN4OS/c18-10-6-4-9(5-7-10)13-8-26-17-22-16(23-24(13)17)21-15(25)14-11(19)2-1-3-12(14)20/h1-8H,(H,21,23,25). The van der Waals surface area contributed by atoms with E-state index in [1.807, 2.05) is 17.5 Å². The van der Waals surface area contributed by atoms with E-state index in [9.17, 15) is 9.18 Å². The summed E-state index contributed by atoms with van der Waals surface area (Å²) in [5.74, 6) is -1.35. The summed E-state index contributed by atoms with van der Waals surface area (Å²) in [6.45, 7) is 0. The Morgan fingerprint density at radius 2 is 1.92 bits per heavy atom. The Morgan fingerprint density at radius 3 is 2.65 bits per heavy atom. The fourth-order valence-electron chi connectivity index (χ4n) is 2.43. The van der Waals surface area contributed by atoms with Crippen LogP contribution in [0.3, 0.4) is 0 Å². The fourth-order valence-corrected chi connectivity index (χ4v) is 3.64. The molecule has 4 aromatic rings. The number of fused-ring (bicyclic) bond motifs is 1. The summed E-state index contributed by atoms with van der Waals surface area (Å²) in [4.78, 5) is 17.1. The van der Waals surface area contributed by atoms with Gasteiger partial charge in [0.2, 0.25) is 4.96 Å². The molecule has 2 aromatic heterocycles. The van der Waals surface area contributed by atoms with Crippen LogP contribution >= 0.6 is 34.5 Å². The third-order valence-electron chi connectivity index (χ3n) is 3.64. The van der Waals surface area contributed by atoms with Gasteiger partial charge in [0.1, 0.15) is 5.82 Å². The highest BCUT2D eigenvalue weighted by Gasteiger charge is 2.19. The Morgan fingerprint density at radius 1 is 1.15 bits per heavy atom. The Bertz CT molecular complexity index is 1100. The lowest BCUT2D eigenvalue weighted by molar-refractivity contribution is 0.102. The van der Waals surface area contributed by atoms with Crippen molar-refractivity contribution < 1.29 is 9.18 Å². The minimum Gasteiger partial charge on any atom is -0.289 e. The van der Waals surface area contributed by atoms with Gasteiger partial charge in [-0.15, -0.1) is 16.4 Å². The third-order valence-corrected chi connectivity index (χ3v) is 5.02. The maximum absolute atomic E-state index is 13.9. The molecule has 0 bridgehead atoms. The number of nitrogens with zero attached hydrogens (tertiary/aromatic N) is 3. The lowest BCUT2D eigenvalue weighted by atomic mass is 10.2. The Labute approximate surface area is 161 Å². The molecular formula is C17H9Cl2FN4OS. The van der Waals surface area contributed by atoms with E-state index in [4.69, 9.17) is 23.2 Å². The first kappa shape index (κ1) is 17.0. The first-order valence-electron chi connectivity index (χ1n) is 7.38. The molecule has 0 aliphatic rings. The van der Waals surface area contributed by atoms with Gasteiger partial charge in [-0.2, -0.15) is 4.98 Å². The number of nitrogens with one attached hydrogen (secondary N) is 1. The van der Waals surface area contributed by atoms with Gasteiger partial charge < -0.3 is 0 Å². The van der Waals surface area contributed by atoms with Gasteiger partial charge in [-0.1, -0.05) is 41.4 Å². The van der Waals surface area contributed by atoms with Crippen LogP contribution in [0.2, 0.25) is 10.0 Å². The van der Waals surface area contributed by atoms with Crippen molar-refractivity contribution in [3.8, 4) is 11.3 Å². The number of rotatable bonds is 3. The quantitative estimate of drug-likeness (QED) is 0.511. The zero-order valence-electron chi connectivity index (χ0n) is 12.9. The smallest absolute Gasteiger partial charge is 0.262 e. The number of hydrogen-bond donors (Lipinski definition) is 1. The van der Waals surface area contributed by atoms with Crippen molar-refractivity contribution in [1.82, 2.24) is 14.6 Å². The molecule has 0 spiro atoms. The molecule has 0 saturated heterocycles. The fraction of sp³-hybridized carbons (Fsp3) is 0. The highest BCUT2D eigenvalue weighted by molar-refractivity contribution is 7.15. The molecular weight excluding hydrogens is 398 g/mol. The maximum atomic E-state index is 13.9. The van der Waals surface area contributed by atoms with Crippen LogP contribution in [-0.4, -0.2) is 20.5 Å². The summed E-state index contributed by atoms with van der Waals surface area (Å²) in [5.41, 5.74) is 1.46. The molecule has 0 fully saturated rings. The molecule has 0 aliphatic carbocycles. The van der Waals surface area contributed by atoms with Crippen molar-refractivity contribution >= 4 is 51.4 Å². The van der Waals surface area contributed by atoms with Gasteiger partial charge in [-0.3, -0.25) is 10.1 Å². The van der Waals surface area contributed by atoms with Crippen LogP contribution in [0, 0.1) is 5.82 Å². The highest BCUT2D eigenvalue weighted by Crippen LogP contribution is 2.27. The molecule has 0 aliphatic heterocycles. The van der Waals surface area contributed by atoms with E-state index >= 15 is 0 Å². The van der Waals surface area contributed by atoms with Crippen molar-refractivity contribution in [2.24, 2.45) is 0 Å². The largest absolute Gasteiger partial charge is 0.289 e. The van der Waals surface area contributed by atoms with Crippen LogP contribution in [0.1, 0.15) is 10.4 Å². The first-order valence-corrected chi connectivity index (χ1v) is 9.02. The normalized spacial score (nSPS) is 11.0. The molecule has 1 N–H and O–H groups in total. The summed E-state index contributed by atoms with van der Waals surface area (Å²) in [6.07, 6.45) is 0. The zero-order valence-corrected chi connectivity index (χ0v) is 15.2. The molecule has 0 radical (unpaired) electrons. The van der Waals surface area contributed by atoms with Crippen LogP contribution in [-0.2, 0) is 0 Å². The van der Waals surface area contributed by atoms with Gasteiger partial charge in [0.05, 0.1) is 16.3 Å². The summed E-state index contributed by atoms with van der Waals surface area (Å²) >= 11 is 13.2. The molecule has 9 heteroatoms. The molecule has 2 aromatic carbocycles. The number of hydrogen-bond acceptors (Lipinski definition) is 4. The lowest BCUT2D eigenvalue weighted by Gasteiger charge is -2.04. The summed E-state index contributed by atoms with van der Waals surface area (Å²) in [5, 5.41) is 9.32. The van der Waals surface area contributed by atoms with Crippen molar-refractivity contribution in [1.29, 1.82) is 0 Å². The van der Waals surface area contributed by atoms with Gasteiger partial charge in [0.25, 0.3) is 11.9 Å². The second kappa shape index (κ2) is 6.68. The molecule has 4 rings (SSSR count). The van der Waals surface area contributed by atoms with E-state index in [1.54, 1.807) is 16.6 Å². The van der Waals surface area contributed by atoms with E-state index in [2.05, 4.69) is 15.4 Å². The molecule has 0 unspecified atom stereocenters. The zero-order chi connectivity index (χ0) is 18.3. The number of carbonyl (C=O) groups excluding carboxylic acids is 1. The van der Waals surface area contributed by atoms with Crippen LogP contribution < -0.4 is 5.32 Å². The van der Waals surface area contributed by atoms with Gasteiger partial charge in [0.15, 0.2) is 0 Å². The molecule has 0 saturated carbocycles. The van der Waals surface area contributed by atoms with Gasteiger partial charge in [-0.05, 0) is 24.3 Å². The van der Waals surface area contributed by atoms with Crippen LogP contribution in [0.15, 0.2) is 47.8 Å². The molecule has 130 valence electrons. The summed E-state index contributed by atoms with van der Waals surface area (Å²) < 4.78 is 15.5. The number of amides is 1. The van der Waals surface area contributed by atoms with Gasteiger partial charge in [0, 0.05) is 16.0 Å². The second-order valence-corrected chi connectivity index (χ2v) is 6.99. The molecule has 5 nitrogen and oxygen atoms in total. The first-order chi connectivity index (χ1) is 12.5. The Balaban J connectivity index is 1.66. The van der Waals surface area contributed by atoms with E-state index < -0.39 is 11.7 Å². The minimum absolute atomic E-state index is 0.0189. The second-order valence-electron chi connectivity index (χ2n) is 5.31. The molecule has 0 atom stereocenters. The predicted molar refractivity (Wildman–Crippen MR) is 101 cm³/mol. The van der Waals surface area contributed by atoms with E-state index in [1.165, 1.54) is 29.5 Å². The van der Waals surface area contributed by atoms with Crippen molar-refractivity contribution in [3.05, 3.63) is 69.3 Å². The topological polar surface area (TPSA) is 59.3 Å². The number of halogens is 3. The van der Waals surface area contributed by atoms with Crippen molar-refractivity contribution in [2.45, 2.75) is 0 Å². The summed E-state index contributed by atoms with van der Waals surface area (Å²) in [6, 6.07) is 11.3. The number of benzene rings is 2. The van der Waals surface area contributed by atoms with Crippen LogP contribution in [0.5, 0.6) is 0 Å². The average Bonchev–Trinajstić information content (AvgIpc) is 3.15. The number of thiazole rings is 1. The van der Waals surface area contributed by atoms with Gasteiger partial charge in [-0.25, -0.2) is 8.91 Å². The van der Waals surface area contributed by atoms with E-state index in [0.717, 1.165) is 11.3 Å². The molecule has 1 amide bonds. The SMILES string of the molecule is O=C(Nc1nc2scc(-c3ccc(Cl)cc3)n2n1)c1c(F)cccc1Cl. The van der Waals surface area contributed by atoms with Gasteiger partial charge >= 0.3 is 0 Å². The lowest BCUT2D eigenvalue weighted by Crippen LogP contribution is -2.15. The minimum atomic E-state index is -0.710. The highest BCUT2D eigenvalue weighted by atomic mass is 35.5. The van der Waals surface area contributed by atoms with Crippen LogP contribution in [0.4, 0.5) is 10.3 Å². The number of carbonyl (C=O) groups is 1. The monoisotopic (exact) mass is 406 g/mol. The predicted octanol–water partition coefficient (Wildman–Crippen LogP) is 5.16. The maximum Gasteiger partial charge on any atom is 0.262 e. The molecule has 26 heavy (non-hydrogen) atoms. The summed E-state index contributed by atoms with van der Waals surface area (Å²) in [7, 11) is 0. The number of aromatic nitrogens is 3. The number of anilines is 1. The van der Waals surface area contributed by atoms with E-state index in [0.29, 0.717) is 9.98 Å². The van der Waals surface area contributed by atoms with Crippen molar-refractivity contribution in [2.75, 3.05) is 5.32 Å². The average molecular weight is 407 g/mol. The Kier molecular flexibility index (Phi) is 4.36.